The molecule has 0 aromatic carbocycles. The highest BCUT2D eigenvalue weighted by Crippen LogP contribution is 2.21. The minimum Gasteiger partial charge on any atom is -0.358 e. The Kier molecular flexibility index (Phi) is 5.48. The maximum atomic E-state index is 11.6. The van der Waals surface area contributed by atoms with Crippen LogP contribution in [0.1, 0.15) is 0 Å². The number of hydrogen-bond acceptors (Lipinski definition) is 6. The average Bonchev–Trinajstić information content (AvgIpc) is 2.92. The van der Waals surface area contributed by atoms with Gasteiger partial charge in [0.15, 0.2) is 11.0 Å². The zero-order valence-corrected chi connectivity index (χ0v) is 13.1. The van der Waals surface area contributed by atoms with Crippen LogP contribution in [-0.4, -0.2) is 50.9 Å². The van der Waals surface area contributed by atoms with Gasteiger partial charge >= 0.3 is 0 Å². The van der Waals surface area contributed by atoms with E-state index in [4.69, 9.17) is 0 Å². The summed E-state index contributed by atoms with van der Waals surface area (Å²) in [5, 5.41) is 13.8. The number of hydrogen-bond donors (Lipinski definition) is 2. The third-order valence-electron chi connectivity index (χ3n) is 2.83. The number of nitrogens with one attached hydrogen (secondary N) is 2. The van der Waals surface area contributed by atoms with E-state index < -0.39 is 0 Å². The molecule has 22 heavy (non-hydrogen) atoms. The minimum atomic E-state index is -0.239. The first-order valence-electron chi connectivity index (χ1n) is 6.51. The van der Waals surface area contributed by atoms with Crippen molar-refractivity contribution in [3.05, 3.63) is 24.5 Å². The van der Waals surface area contributed by atoms with Crippen LogP contribution in [0.25, 0.3) is 11.4 Å². The van der Waals surface area contributed by atoms with Crippen molar-refractivity contribution in [2.75, 3.05) is 19.3 Å². The molecule has 0 saturated heterocycles. The number of aromatic nitrogens is 4. The Morgan fingerprint density at radius 2 is 1.95 bits per heavy atom. The Hall–Kier alpha value is -2.42. The summed E-state index contributed by atoms with van der Waals surface area (Å²) >= 11 is 1.26. The van der Waals surface area contributed by atoms with Gasteiger partial charge in [0.25, 0.3) is 0 Å². The Bertz CT molecular complexity index is 658. The van der Waals surface area contributed by atoms with Crippen molar-refractivity contribution in [3.8, 4) is 11.4 Å². The van der Waals surface area contributed by atoms with Crippen molar-refractivity contribution in [1.29, 1.82) is 0 Å². The Balaban J connectivity index is 1.93. The Morgan fingerprint density at radius 3 is 2.64 bits per heavy atom. The van der Waals surface area contributed by atoms with Crippen LogP contribution in [0.2, 0.25) is 0 Å². The molecule has 0 atom stereocenters. The van der Waals surface area contributed by atoms with E-state index >= 15 is 0 Å². The van der Waals surface area contributed by atoms with E-state index in [1.54, 1.807) is 12.4 Å². The van der Waals surface area contributed by atoms with Gasteiger partial charge in [-0.25, -0.2) is 0 Å². The molecule has 0 aliphatic rings. The smallest absolute Gasteiger partial charge is 0.239 e. The number of amides is 2. The molecule has 0 spiro atoms. The zero-order valence-electron chi connectivity index (χ0n) is 12.2. The lowest BCUT2D eigenvalue weighted by Crippen LogP contribution is -2.36. The van der Waals surface area contributed by atoms with Gasteiger partial charge in [-0.2, -0.15) is 0 Å². The molecular weight excluding hydrogens is 304 g/mol. The van der Waals surface area contributed by atoms with Gasteiger partial charge < -0.3 is 15.2 Å². The first-order valence-corrected chi connectivity index (χ1v) is 7.50. The molecule has 0 fully saturated rings. The standard InChI is InChI=1S/C13H16N6O2S/c1-14-10(20)7-16-11(21)8-22-13-18-17-12(19(13)2)9-3-5-15-6-4-9/h3-6H,7-8H2,1-2H3,(H,14,20)(H,16,21). The summed E-state index contributed by atoms with van der Waals surface area (Å²) in [5.74, 6) is 0.397. The molecule has 0 aliphatic heterocycles. The maximum Gasteiger partial charge on any atom is 0.239 e. The average molecular weight is 320 g/mol. The quantitative estimate of drug-likeness (QED) is 0.717. The van der Waals surface area contributed by atoms with Crippen LogP contribution in [0.3, 0.4) is 0 Å². The fourth-order valence-electron chi connectivity index (χ4n) is 1.64. The SMILES string of the molecule is CNC(=O)CNC(=O)CSc1nnc(-c2ccncc2)n1C. The number of pyridine rings is 1. The monoisotopic (exact) mass is 320 g/mol. The van der Waals surface area contributed by atoms with Crippen molar-refractivity contribution >= 4 is 23.6 Å². The molecule has 2 heterocycles. The molecule has 0 bridgehead atoms. The summed E-state index contributed by atoms with van der Waals surface area (Å²) in [5.41, 5.74) is 0.904. The largest absolute Gasteiger partial charge is 0.358 e. The van der Waals surface area contributed by atoms with Crippen LogP contribution in [0.15, 0.2) is 29.7 Å². The first-order chi connectivity index (χ1) is 10.6. The van der Waals surface area contributed by atoms with E-state index in [1.807, 2.05) is 23.7 Å². The molecule has 0 radical (unpaired) electrons. The maximum absolute atomic E-state index is 11.6. The highest BCUT2D eigenvalue weighted by atomic mass is 32.2. The molecular formula is C13H16N6O2S. The molecule has 2 aromatic rings. The Morgan fingerprint density at radius 1 is 1.23 bits per heavy atom. The van der Waals surface area contributed by atoms with Crippen LogP contribution < -0.4 is 10.6 Å². The molecule has 8 nitrogen and oxygen atoms in total. The number of rotatable bonds is 6. The molecule has 0 unspecified atom stereocenters. The molecule has 2 amide bonds. The van der Waals surface area contributed by atoms with Crippen molar-refractivity contribution in [1.82, 2.24) is 30.4 Å². The lowest BCUT2D eigenvalue weighted by atomic mass is 10.2. The van der Waals surface area contributed by atoms with Crippen molar-refractivity contribution < 1.29 is 9.59 Å². The molecule has 116 valence electrons. The lowest BCUT2D eigenvalue weighted by Gasteiger charge is -2.05. The van der Waals surface area contributed by atoms with E-state index in [2.05, 4.69) is 25.8 Å². The van der Waals surface area contributed by atoms with Crippen LogP contribution in [0.5, 0.6) is 0 Å². The summed E-state index contributed by atoms with van der Waals surface area (Å²) < 4.78 is 1.81. The van der Waals surface area contributed by atoms with Gasteiger partial charge in [0.2, 0.25) is 11.8 Å². The van der Waals surface area contributed by atoms with Crippen molar-refractivity contribution in [3.63, 3.8) is 0 Å². The summed E-state index contributed by atoms with van der Waals surface area (Å²) in [6, 6.07) is 3.68. The van der Waals surface area contributed by atoms with Crippen molar-refractivity contribution in [2.45, 2.75) is 5.16 Å². The van der Waals surface area contributed by atoms with Gasteiger partial charge in [-0.3, -0.25) is 14.6 Å². The van der Waals surface area contributed by atoms with Crippen LogP contribution in [0, 0.1) is 0 Å². The summed E-state index contributed by atoms with van der Waals surface area (Å²) in [6.07, 6.45) is 3.37. The predicted octanol–water partition coefficient (Wildman–Crippen LogP) is -0.169. The molecule has 0 aliphatic carbocycles. The summed E-state index contributed by atoms with van der Waals surface area (Å²) in [7, 11) is 3.35. The first kappa shape index (κ1) is 16.0. The fourth-order valence-corrected chi connectivity index (χ4v) is 2.38. The summed E-state index contributed by atoms with van der Waals surface area (Å²) in [4.78, 5) is 26.6. The highest BCUT2D eigenvalue weighted by Gasteiger charge is 2.13. The number of likely N-dealkylation sites (N-methyl/N-ethyl adjacent to an activating group) is 1. The van der Waals surface area contributed by atoms with Crippen LogP contribution in [0.4, 0.5) is 0 Å². The van der Waals surface area contributed by atoms with Gasteiger partial charge in [-0.05, 0) is 12.1 Å². The number of thioether (sulfide) groups is 1. The number of carbonyl (C=O) groups is 2. The highest BCUT2D eigenvalue weighted by molar-refractivity contribution is 7.99. The number of nitrogens with zero attached hydrogens (tertiary/aromatic N) is 4. The van der Waals surface area contributed by atoms with Crippen molar-refractivity contribution in [2.24, 2.45) is 7.05 Å². The molecule has 2 N–H and O–H groups in total. The van der Waals surface area contributed by atoms with Gasteiger partial charge in [0, 0.05) is 32.1 Å². The lowest BCUT2D eigenvalue weighted by molar-refractivity contribution is -0.124. The Labute approximate surface area is 131 Å². The summed E-state index contributed by atoms with van der Waals surface area (Å²) in [6.45, 7) is -0.0308. The molecule has 2 aromatic heterocycles. The third kappa shape index (κ3) is 4.04. The fraction of sp³-hybridized carbons (Fsp3) is 0.308. The van der Waals surface area contributed by atoms with Gasteiger partial charge in [0.05, 0.1) is 12.3 Å². The second kappa shape index (κ2) is 7.55. The van der Waals surface area contributed by atoms with Crippen LogP contribution >= 0.6 is 11.8 Å². The zero-order chi connectivity index (χ0) is 15.9. The van der Waals surface area contributed by atoms with E-state index in [0.717, 1.165) is 5.56 Å². The topological polar surface area (TPSA) is 102 Å². The number of carbonyl (C=O) groups excluding carboxylic acids is 2. The van der Waals surface area contributed by atoms with Gasteiger partial charge in [0.1, 0.15) is 0 Å². The van der Waals surface area contributed by atoms with Gasteiger partial charge in [-0.15, -0.1) is 10.2 Å². The van der Waals surface area contributed by atoms with Gasteiger partial charge in [-0.1, -0.05) is 11.8 Å². The normalized spacial score (nSPS) is 10.3. The molecule has 9 heteroatoms. The van der Waals surface area contributed by atoms with E-state index in [9.17, 15) is 9.59 Å². The second-order valence-corrected chi connectivity index (χ2v) is 5.28. The van der Waals surface area contributed by atoms with E-state index in [0.29, 0.717) is 11.0 Å². The van der Waals surface area contributed by atoms with Crippen LogP contribution in [-0.2, 0) is 16.6 Å². The van der Waals surface area contributed by atoms with E-state index in [1.165, 1.54) is 18.8 Å². The molecule has 0 saturated carbocycles. The second-order valence-electron chi connectivity index (χ2n) is 4.34. The van der Waals surface area contributed by atoms with E-state index in [-0.39, 0.29) is 24.1 Å². The molecule has 2 rings (SSSR count). The minimum absolute atomic E-state index is 0.0308. The predicted molar refractivity (Wildman–Crippen MR) is 82.0 cm³/mol. The third-order valence-corrected chi connectivity index (χ3v) is 3.85.